The van der Waals surface area contributed by atoms with E-state index >= 15 is 0 Å². The predicted octanol–water partition coefficient (Wildman–Crippen LogP) is 2.67. The van der Waals surface area contributed by atoms with Crippen molar-refractivity contribution < 1.29 is 22.5 Å². The number of aryl methyl sites for hydroxylation is 1. The summed E-state index contributed by atoms with van der Waals surface area (Å²) in [6, 6.07) is 1.70. The van der Waals surface area contributed by atoms with Gasteiger partial charge < -0.3 is 4.52 Å². The number of hydrogen-bond acceptors (Lipinski definition) is 5. The van der Waals surface area contributed by atoms with Crippen molar-refractivity contribution in [3.63, 3.8) is 0 Å². The second-order valence-electron chi connectivity index (χ2n) is 4.23. The summed E-state index contributed by atoms with van der Waals surface area (Å²) in [5.41, 5.74) is 1.33. The Hall–Kier alpha value is -2.25. The van der Waals surface area contributed by atoms with E-state index in [1.165, 1.54) is 6.20 Å². The second-order valence-corrected chi connectivity index (χ2v) is 4.23. The SMILES string of the molecule is Cc1ccncc1-c1noc(C(C)C(=O)C(F)(F)F)n1. The average Bonchev–Trinajstić information content (AvgIpc) is 2.86. The van der Waals surface area contributed by atoms with Crippen molar-refractivity contribution in [1.82, 2.24) is 15.1 Å². The summed E-state index contributed by atoms with van der Waals surface area (Å²) < 4.78 is 41.7. The summed E-state index contributed by atoms with van der Waals surface area (Å²) in [6.07, 6.45) is -1.89. The fourth-order valence-electron chi connectivity index (χ4n) is 1.58. The molecule has 106 valence electrons. The van der Waals surface area contributed by atoms with Gasteiger partial charge in [-0.1, -0.05) is 5.16 Å². The summed E-state index contributed by atoms with van der Waals surface area (Å²) in [6.45, 7) is 2.85. The Morgan fingerprint density at radius 3 is 2.70 bits per heavy atom. The van der Waals surface area contributed by atoms with Gasteiger partial charge in [0.15, 0.2) is 0 Å². The number of pyridine rings is 1. The number of carbonyl (C=O) groups is 1. The van der Waals surface area contributed by atoms with Crippen LogP contribution in [0.25, 0.3) is 11.4 Å². The molecule has 0 bridgehead atoms. The Morgan fingerprint density at radius 1 is 1.40 bits per heavy atom. The third-order valence-electron chi connectivity index (χ3n) is 2.76. The van der Waals surface area contributed by atoms with E-state index in [9.17, 15) is 18.0 Å². The number of rotatable bonds is 3. The van der Waals surface area contributed by atoms with Crippen LogP contribution in [0.15, 0.2) is 23.0 Å². The van der Waals surface area contributed by atoms with Gasteiger partial charge in [-0.2, -0.15) is 18.2 Å². The molecule has 0 radical (unpaired) electrons. The van der Waals surface area contributed by atoms with Crippen molar-refractivity contribution in [2.75, 3.05) is 0 Å². The molecule has 5 nitrogen and oxygen atoms in total. The van der Waals surface area contributed by atoms with E-state index in [4.69, 9.17) is 4.52 Å². The number of nitrogens with zero attached hydrogens (tertiary/aromatic N) is 3. The number of Topliss-reactive ketones (excluding diaryl/α,β-unsaturated/α-hetero) is 1. The zero-order chi connectivity index (χ0) is 14.9. The third kappa shape index (κ3) is 2.68. The molecule has 0 amide bonds. The zero-order valence-corrected chi connectivity index (χ0v) is 10.6. The van der Waals surface area contributed by atoms with Crippen molar-refractivity contribution in [2.45, 2.75) is 25.9 Å². The Labute approximate surface area is 111 Å². The van der Waals surface area contributed by atoms with Crippen molar-refractivity contribution in [3.05, 3.63) is 29.9 Å². The molecule has 0 aliphatic heterocycles. The topological polar surface area (TPSA) is 68.9 Å². The molecule has 2 aromatic heterocycles. The van der Waals surface area contributed by atoms with Crippen LogP contribution in [0.5, 0.6) is 0 Å². The monoisotopic (exact) mass is 285 g/mol. The predicted molar refractivity (Wildman–Crippen MR) is 61.7 cm³/mol. The Kier molecular flexibility index (Phi) is 3.56. The number of ketones is 1. The summed E-state index contributed by atoms with van der Waals surface area (Å²) in [4.78, 5) is 18.8. The fraction of sp³-hybridized carbons (Fsp3) is 0.333. The van der Waals surface area contributed by atoms with E-state index in [1.54, 1.807) is 19.2 Å². The minimum absolute atomic E-state index is 0.104. The Bertz CT molecular complexity index is 637. The highest BCUT2D eigenvalue weighted by molar-refractivity contribution is 5.89. The van der Waals surface area contributed by atoms with Crippen LogP contribution in [0.1, 0.15) is 24.3 Å². The highest BCUT2D eigenvalue weighted by atomic mass is 19.4. The molecule has 1 atom stereocenters. The lowest BCUT2D eigenvalue weighted by Gasteiger charge is -2.08. The number of alkyl halides is 3. The molecule has 0 saturated carbocycles. The van der Waals surface area contributed by atoms with Crippen LogP contribution in [-0.4, -0.2) is 27.1 Å². The molecule has 0 saturated heterocycles. The van der Waals surface area contributed by atoms with E-state index in [-0.39, 0.29) is 11.7 Å². The Morgan fingerprint density at radius 2 is 2.10 bits per heavy atom. The molecule has 0 spiro atoms. The van der Waals surface area contributed by atoms with Crippen LogP contribution >= 0.6 is 0 Å². The van der Waals surface area contributed by atoms with Crippen LogP contribution < -0.4 is 0 Å². The molecule has 0 aromatic carbocycles. The quantitative estimate of drug-likeness (QED) is 0.867. The van der Waals surface area contributed by atoms with E-state index in [0.717, 1.165) is 12.5 Å². The van der Waals surface area contributed by atoms with Gasteiger partial charge in [-0.05, 0) is 25.5 Å². The molecule has 20 heavy (non-hydrogen) atoms. The third-order valence-corrected chi connectivity index (χ3v) is 2.76. The van der Waals surface area contributed by atoms with Crippen LogP contribution in [0.3, 0.4) is 0 Å². The maximum atomic E-state index is 12.3. The first-order valence-corrected chi connectivity index (χ1v) is 5.66. The van der Waals surface area contributed by atoms with E-state index < -0.39 is 17.9 Å². The van der Waals surface area contributed by atoms with E-state index in [0.29, 0.717) is 5.56 Å². The molecule has 1 unspecified atom stereocenters. The normalized spacial score (nSPS) is 13.2. The van der Waals surface area contributed by atoms with Gasteiger partial charge in [0.25, 0.3) is 0 Å². The first-order valence-electron chi connectivity index (χ1n) is 5.66. The van der Waals surface area contributed by atoms with Gasteiger partial charge in [0.1, 0.15) is 5.92 Å². The van der Waals surface area contributed by atoms with Crippen LogP contribution in [0, 0.1) is 6.92 Å². The summed E-state index contributed by atoms with van der Waals surface area (Å²) in [5, 5.41) is 3.59. The zero-order valence-electron chi connectivity index (χ0n) is 10.6. The maximum Gasteiger partial charge on any atom is 0.450 e. The number of halogens is 3. The summed E-state index contributed by atoms with van der Waals surface area (Å²) in [5.74, 6) is -3.72. The lowest BCUT2D eigenvalue weighted by molar-refractivity contribution is -0.172. The molecule has 0 aliphatic carbocycles. The van der Waals surface area contributed by atoms with Crippen LogP contribution in [-0.2, 0) is 4.79 Å². The molecule has 2 heterocycles. The molecule has 2 aromatic rings. The molecule has 8 heteroatoms. The van der Waals surface area contributed by atoms with Gasteiger partial charge in [0.05, 0.1) is 0 Å². The van der Waals surface area contributed by atoms with Crippen molar-refractivity contribution >= 4 is 5.78 Å². The maximum absolute atomic E-state index is 12.3. The smallest absolute Gasteiger partial charge is 0.338 e. The largest absolute Gasteiger partial charge is 0.450 e. The first-order chi connectivity index (χ1) is 9.30. The molecule has 0 fully saturated rings. The van der Waals surface area contributed by atoms with E-state index in [2.05, 4.69) is 15.1 Å². The Balaban J connectivity index is 2.30. The van der Waals surface area contributed by atoms with Crippen molar-refractivity contribution in [1.29, 1.82) is 0 Å². The lowest BCUT2D eigenvalue weighted by atomic mass is 10.1. The average molecular weight is 285 g/mol. The van der Waals surface area contributed by atoms with Gasteiger partial charge in [-0.3, -0.25) is 9.78 Å². The molecule has 2 rings (SSSR count). The van der Waals surface area contributed by atoms with Gasteiger partial charge in [-0.25, -0.2) is 0 Å². The van der Waals surface area contributed by atoms with Crippen molar-refractivity contribution in [2.24, 2.45) is 0 Å². The van der Waals surface area contributed by atoms with Gasteiger partial charge in [0.2, 0.25) is 17.5 Å². The van der Waals surface area contributed by atoms with Crippen molar-refractivity contribution in [3.8, 4) is 11.4 Å². The highest BCUT2D eigenvalue weighted by Gasteiger charge is 2.44. The molecule has 0 aliphatic rings. The lowest BCUT2D eigenvalue weighted by Crippen LogP contribution is -2.27. The minimum Gasteiger partial charge on any atom is -0.338 e. The molecular formula is C12H10F3N3O2. The highest BCUT2D eigenvalue weighted by Crippen LogP contribution is 2.28. The molecular weight excluding hydrogens is 275 g/mol. The van der Waals surface area contributed by atoms with Crippen LogP contribution in [0.4, 0.5) is 13.2 Å². The minimum atomic E-state index is -4.93. The summed E-state index contributed by atoms with van der Waals surface area (Å²) in [7, 11) is 0. The van der Waals surface area contributed by atoms with Crippen LogP contribution in [0.2, 0.25) is 0 Å². The molecule has 0 N–H and O–H groups in total. The first kappa shape index (κ1) is 14.2. The summed E-state index contributed by atoms with van der Waals surface area (Å²) >= 11 is 0. The second kappa shape index (κ2) is 5.03. The van der Waals surface area contributed by atoms with E-state index in [1.807, 2.05) is 0 Å². The fourth-order valence-corrected chi connectivity index (χ4v) is 1.58. The number of hydrogen-bond donors (Lipinski definition) is 0. The van der Waals surface area contributed by atoms with Gasteiger partial charge in [0, 0.05) is 18.0 Å². The van der Waals surface area contributed by atoms with Gasteiger partial charge >= 0.3 is 6.18 Å². The number of aromatic nitrogens is 3. The van der Waals surface area contributed by atoms with Gasteiger partial charge in [-0.15, -0.1) is 0 Å². The standard InChI is InChI=1S/C12H10F3N3O2/c1-6-3-4-16-5-8(6)10-17-11(20-18-10)7(2)9(19)12(13,14)15/h3-5,7H,1-2H3. The number of carbonyl (C=O) groups excluding carboxylic acids is 1.